The van der Waals surface area contributed by atoms with E-state index in [9.17, 15) is 19.5 Å². The number of hydrogen-bond donors (Lipinski definition) is 1. The monoisotopic (exact) mass is 717 g/mol. The molecule has 250 valence electrons. The number of aliphatic hydroxyl groups excluding tert-OH is 1. The van der Waals surface area contributed by atoms with E-state index in [1.807, 2.05) is 38.1 Å². The topological polar surface area (TPSA) is 111 Å². The molecule has 0 radical (unpaired) electrons. The molecule has 0 aromatic heterocycles. The summed E-state index contributed by atoms with van der Waals surface area (Å²) in [5, 5.41) is 16.1. The summed E-state index contributed by atoms with van der Waals surface area (Å²) in [4.78, 5) is 44.7. The Bertz CT molecular complexity index is 1460. The van der Waals surface area contributed by atoms with E-state index in [4.69, 9.17) is 25.9 Å². The molecule has 1 aromatic rings. The number of esters is 2. The van der Waals surface area contributed by atoms with Gasteiger partial charge in [-0.3, -0.25) is 14.4 Å². The number of aliphatic hydroxyl groups is 1. The number of ether oxygens (including phenoxy) is 2. The number of Topliss-reactive ketones (excluding diaryl/α,β-unsaturated/α-hetero) is 1. The molecule has 0 unspecified atom stereocenters. The summed E-state index contributed by atoms with van der Waals surface area (Å²) >= 11 is 10.8. The fraction of sp³-hybridized carbons (Fsp3) is 0.611. The molecular weight excluding hydrogens is 674 g/mol. The lowest BCUT2D eigenvalue weighted by molar-refractivity contribution is -0.205. The second-order valence-electron chi connectivity index (χ2n) is 13.8. The largest absolute Gasteiger partial charge is 0.457 e. The molecule has 0 saturated heterocycles. The van der Waals surface area contributed by atoms with Gasteiger partial charge in [-0.25, -0.2) is 0 Å². The number of benzene rings is 1. The van der Waals surface area contributed by atoms with E-state index in [0.717, 1.165) is 22.0 Å². The Morgan fingerprint density at radius 3 is 2.59 bits per heavy atom. The number of nitrogens with zero attached hydrogens (tertiary/aromatic N) is 1. The van der Waals surface area contributed by atoms with Crippen LogP contribution in [0.5, 0.6) is 0 Å². The number of fused-ring (bicyclic) bond motifs is 5. The molecular formula is C36H45BrClNO7. The first-order valence-corrected chi connectivity index (χ1v) is 17.6. The molecule has 9 atom stereocenters. The Kier molecular flexibility index (Phi) is 10.3. The summed E-state index contributed by atoms with van der Waals surface area (Å²) in [6.45, 7) is 9.32. The maximum atomic E-state index is 14.1. The van der Waals surface area contributed by atoms with Gasteiger partial charge < -0.3 is 19.4 Å². The lowest BCUT2D eigenvalue weighted by atomic mass is 9.46. The highest BCUT2D eigenvalue weighted by Gasteiger charge is 2.73. The third-order valence-electron chi connectivity index (χ3n) is 11.2. The zero-order valence-corrected chi connectivity index (χ0v) is 29.6. The molecule has 4 aliphatic carbocycles. The Balaban J connectivity index is 1.41. The molecule has 46 heavy (non-hydrogen) atoms. The highest BCUT2D eigenvalue weighted by Crippen LogP contribution is 2.69. The molecule has 10 heteroatoms. The Labute approximate surface area is 285 Å². The molecule has 4 aliphatic rings. The van der Waals surface area contributed by atoms with E-state index in [1.54, 1.807) is 13.8 Å². The molecule has 0 amide bonds. The number of carbonyl (C=O) groups is 3. The number of allylic oxidation sites excluding steroid dienone is 4. The van der Waals surface area contributed by atoms with Crippen molar-refractivity contribution in [1.29, 1.82) is 0 Å². The number of oxime groups is 1. The minimum atomic E-state index is -1.55. The standard InChI is InChI=1S/C36H45BrClNO7/c1-6-30(42)44-20-29(41)36(46-31(43)7-2)21(3)15-26-32-27(38)18-23-17-25(39-45-14-12-22-9-8-10-24(37)16-22)11-13-34(23,4)33(32)28(40)19-35(26,36)5/h8-11,13,16-17,21,26-28,32-33,40H,6-7,12,14-15,18-20H2,1-5H3/b39-25+/t21-,26+,27-,28+,32-,33+,34+,35+,36-/m1/s1. The van der Waals surface area contributed by atoms with Crippen LogP contribution in [0.2, 0.25) is 0 Å². The van der Waals surface area contributed by atoms with Crippen molar-refractivity contribution in [3.8, 4) is 0 Å². The van der Waals surface area contributed by atoms with Gasteiger partial charge in [0.25, 0.3) is 0 Å². The lowest BCUT2D eigenvalue weighted by Gasteiger charge is -2.61. The number of ketones is 1. The van der Waals surface area contributed by atoms with Crippen molar-refractivity contribution in [2.45, 2.75) is 90.2 Å². The predicted octanol–water partition coefficient (Wildman–Crippen LogP) is 6.75. The van der Waals surface area contributed by atoms with Crippen LogP contribution in [0.15, 0.2) is 57.7 Å². The van der Waals surface area contributed by atoms with Crippen molar-refractivity contribution in [2.75, 3.05) is 13.2 Å². The Hall–Kier alpha value is -2.49. The van der Waals surface area contributed by atoms with E-state index in [1.165, 1.54) is 0 Å². The quantitative estimate of drug-likeness (QED) is 0.123. The average molecular weight is 719 g/mol. The van der Waals surface area contributed by atoms with Gasteiger partial charge in [0.2, 0.25) is 5.78 Å². The molecule has 8 nitrogen and oxygen atoms in total. The Morgan fingerprint density at radius 1 is 1.15 bits per heavy atom. The van der Waals surface area contributed by atoms with Gasteiger partial charge in [-0.1, -0.05) is 79.5 Å². The van der Waals surface area contributed by atoms with Crippen LogP contribution in [-0.4, -0.2) is 58.8 Å². The van der Waals surface area contributed by atoms with Gasteiger partial charge in [-0.15, -0.1) is 11.6 Å². The summed E-state index contributed by atoms with van der Waals surface area (Å²) in [7, 11) is 0. The minimum Gasteiger partial charge on any atom is -0.457 e. The molecule has 3 saturated carbocycles. The van der Waals surface area contributed by atoms with Crippen molar-refractivity contribution < 1.29 is 33.8 Å². The number of alkyl halides is 1. The average Bonchev–Trinajstić information content (AvgIpc) is 3.23. The smallest absolute Gasteiger partial charge is 0.306 e. The molecule has 5 rings (SSSR count). The van der Waals surface area contributed by atoms with Gasteiger partial charge in [0.05, 0.1) is 6.10 Å². The molecule has 3 fully saturated rings. The van der Waals surface area contributed by atoms with E-state index in [2.05, 4.69) is 46.2 Å². The van der Waals surface area contributed by atoms with Crippen LogP contribution in [-0.2, 0) is 35.1 Å². The van der Waals surface area contributed by atoms with E-state index in [-0.39, 0.29) is 48.3 Å². The molecule has 0 spiro atoms. The SMILES string of the molecule is CCC(=O)OCC(=O)[C@]1(OC(=O)CC)[C@H](C)C[C@H]2[C@H]3[C@H]([C@@H](O)C[C@@]21C)[C@@]1(C)C=C/C(=N\OCCc2cccc(Br)c2)C=C1C[C@H]3Cl. The minimum absolute atomic E-state index is 0.0959. The third kappa shape index (κ3) is 6.00. The van der Waals surface area contributed by atoms with Crippen LogP contribution >= 0.6 is 27.5 Å². The van der Waals surface area contributed by atoms with Crippen LogP contribution in [0.1, 0.15) is 72.3 Å². The number of rotatable bonds is 10. The van der Waals surface area contributed by atoms with E-state index in [0.29, 0.717) is 25.2 Å². The fourth-order valence-corrected chi connectivity index (χ4v) is 10.0. The first kappa shape index (κ1) is 34.8. The highest BCUT2D eigenvalue weighted by atomic mass is 79.9. The van der Waals surface area contributed by atoms with Gasteiger partial charge in [-0.05, 0) is 60.9 Å². The van der Waals surface area contributed by atoms with Gasteiger partial charge >= 0.3 is 11.9 Å². The maximum absolute atomic E-state index is 14.1. The van der Waals surface area contributed by atoms with E-state index >= 15 is 0 Å². The summed E-state index contributed by atoms with van der Waals surface area (Å²) in [5.74, 6) is -2.28. The maximum Gasteiger partial charge on any atom is 0.306 e. The van der Waals surface area contributed by atoms with Gasteiger partial charge in [-0.2, -0.15) is 0 Å². The number of carbonyl (C=O) groups excluding carboxylic acids is 3. The molecule has 0 bridgehead atoms. The van der Waals surface area contributed by atoms with Crippen molar-refractivity contribution in [2.24, 2.45) is 39.7 Å². The van der Waals surface area contributed by atoms with Crippen LogP contribution in [0.3, 0.4) is 0 Å². The lowest BCUT2D eigenvalue weighted by Crippen LogP contribution is -2.65. The van der Waals surface area contributed by atoms with Crippen LogP contribution in [0.4, 0.5) is 0 Å². The van der Waals surface area contributed by atoms with Crippen LogP contribution < -0.4 is 0 Å². The summed E-state index contributed by atoms with van der Waals surface area (Å²) < 4.78 is 12.5. The van der Waals surface area contributed by atoms with Crippen molar-refractivity contribution in [1.82, 2.24) is 0 Å². The first-order valence-electron chi connectivity index (χ1n) is 16.4. The summed E-state index contributed by atoms with van der Waals surface area (Å²) in [6.07, 6.45) is 7.63. The Morgan fingerprint density at radius 2 is 1.89 bits per heavy atom. The second-order valence-corrected chi connectivity index (χ2v) is 15.2. The molecule has 0 aliphatic heterocycles. The molecule has 1 aromatic carbocycles. The van der Waals surface area contributed by atoms with E-state index < -0.39 is 46.9 Å². The number of halogens is 2. The van der Waals surface area contributed by atoms with Crippen molar-refractivity contribution in [3.05, 3.63) is 58.1 Å². The first-order chi connectivity index (χ1) is 21.8. The molecule has 1 N–H and O–H groups in total. The van der Waals surface area contributed by atoms with Crippen molar-refractivity contribution in [3.63, 3.8) is 0 Å². The van der Waals surface area contributed by atoms with Gasteiger partial charge in [0.15, 0.2) is 12.2 Å². The zero-order chi connectivity index (χ0) is 33.4. The third-order valence-corrected chi connectivity index (χ3v) is 12.1. The van der Waals surface area contributed by atoms with Gasteiger partial charge in [0.1, 0.15) is 12.3 Å². The summed E-state index contributed by atoms with van der Waals surface area (Å²) in [6, 6.07) is 8.09. The van der Waals surface area contributed by atoms with Crippen LogP contribution in [0.25, 0.3) is 0 Å². The normalized spacial score (nSPS) is 37.0. The van der Waals surface area contributed by atoms with Crippen molar-refractivity contribution >= 4 is 51.0 Å². The fourth-order valence-electron chi connectivity index (χ4n) is 9.08. The molecule has 0 heterocycles. The van der Waals surface area contributed by atoms with Gasteiger partial charge in [0, 0.05) is 51.8 Å². The number of hydrogen-bond acceptors (Lipinski definition) is 8. The summed E-state index contributed by atoms with van der Waals surface area (Å²) in [5.41, 5.74) is -0.00261. The van der Waals surface area contributed by atoms with Crippen LogP contribution in [0, 0.1) is 34.5 Å². The highest BCUT2D eigenvalue weighted by molar-refractivity contribution is 9.10. The predicted molar refractivity (Wildman–Crippen MR) is 179 cm³/mol. The zero-order valence-electron chi connectivity index (χ0n) is 27.3. The second kappa shape index (κ2) is 13.6.